The molecule has 0 unspecified atom stereocenters. The molecule has 0 amide bonds. The van der Waals surface area contributed by atoms with Crippen molar-refractivity contribution in [3.05, 3.63) is 34.9 Å². The summed E-state index contributed by atoms with van der Waals surface area (Å²) in [6.45, 7) is 2.80. The fraction of sp³-hybridized carbons (Fsp3) is 0.647. The van der Waals surface area contributed by atoms with E-state index in [9.17, 15) is 0 Å². The fourth-order valence-corrected chi connectivity index (χ4v) is 4.45. The Bertz CT molecular complexity index is 464. The maximum absolute atomic E-state index is 6.09. The van der Waals surface area contributed by atoms with Gasteiger partial charge in [-0.05, 0) is 49.1 Å². The Morgan fingerprint density at radius 3 is 2.68 bits per heavy atom. The van der Waals surface area contributed by atoms with Crippen molar-refractivity contribution >= 4 is 23.4 Å². The molecule has 3 rings (SSSR count). The minimum atomic E-state index is 0.203. The Morgan fingerprint density at radius 2 is 2.00 bits per heavy atom. The first-order chi connectivity index (χ1) is 10.7. The molecule has 2 heterocycles. The molecular weight excluding hydrogens is 316 g/mol. The number of thioether (sulfide) groups is 1. The summed E-state index contributed by atoms with van der Waals surface area (Å²) in [5, 5.41) is 4.66. The van der Waals surface area contributed by atoms with Gasteiger partial charge in [0.25, 0.3) is 0 Å². The van der Waals surface area contributed by atoms with E-state index in [-0.39, 0.29) is 12.1 Å². The van der Waals surface area contributed by atoms with Crippen LogP contribution in [0, 0.1) is 0 Å². The van der Waals surface area contributed by atoms with Crippen molar-refractivity contribution in [3.8, 4) is 0 Å². The number of hydrogen-bond acceptors (Lipinski definition) is 4. The Labute approximate surface area is 142 Å². The number of benzene rings is 1. The first-order valence-electron chi connectivity index (χ1n) is 8.12. The molecule has 3 nitrogen and oxygen atoms in total. The highest BCUT2D eigenvalue weighted by Crippen LogP contribution is 2.27. The Hall–Kier alpha value is -0.260. The van der Waals surface area contributed by atoms with Crippen LogP contribution < -0.4 is 5.32 Å². The summed E-state index contributed by atoms with van der Waals surface area (Å²) in [4.78, 5) is 2.36. The third-order valence-electron chi connectivity index (χ3n) is 4.53. The van der Waals surface area contributed by atoms with Crippen LogP contribution in [0.5, 0.6) is 0 Å². The van der Waals surface area contributed by atoms with Gasteiger partial charge in [-0.25, -0.2) is 0 Å². The van der Waals surface area contributed by atoms with Gasteiger partial charge in [0.15, 0.2) is 0 Å². The molecule has 5 heteroatoms. The molecule has 0 bridgehead atoms. The molecule has 0 radical (unpaired) electrons. The van der Waals surface area contributed by atoms with E-state index in [2.05, 4.69) is 41.2 Å². The van der Waals surface area contributed by atoms with Crippen molar-refractivity contribution in [1.82, 2.24) is 10.2 Å². The minimum Gasteiger partial charge on any atom is -0.374 e. The zero-order chi connectivity index (χ0) is 15.4. The molecule has 1 aromatic rings. The normalized spacial score (nSPS) is 26.0. The van der Waals surface area contributed by atoms with Crippen molar-refractivity contribution in [2.45, 2.75) is 31.0 Å². The molecule has 22 heavy (non-hydrogen) atoms. The Morgan fingerprint density at radius 1 is 1.27 bits per heavy atom. The summed E-state index contributed by atoms with van der Waals surface area (Å²) in [6, 6.07) is 9.07. The van der Waals surface area contributed by atoms with Gasteiger partial charge in [-0.3, -0.25) is 0 Å². The topological polar surface area (TPSA) is 24.5 Å². The van der Waals surface area contributed by atoms with E-state index < -0.39 is 0 Å². The molecule has 0 saturated carbocycles. The van der Waals surface area contributed by atoms with Crippen LogP contribution in [0.15, 0.2) is 24.3 Å². The van der Waals surface area contributed by atoms with Crippen LogP contribution in [-0.4, -0.2) is 55.3 Å². The molecule has 2 fully saturated rings. The molecule has 0 aliphatic carbocycles. The summed E-state index contributed by atoms with van der Waals surface area (Å²) < 4.78 is 6.09. The highest BCUT2D eigenvalue weighted by atomic mass is 35.5. The lowest BCUT2D eigenvalue weighted by Crippen LogP contribution is -2.49. The van der Waals surface area contributed by atoms with Crippen LogP contribution in [0.4, 0.5) is 0 Å². The molecule has 122 valence electrons. The van der Waals surface area contributed by atoms with Crippen molar-refractivity contribution in [2.75, 3.05) is 38.2 Å². The van der Waals surface area contributed by atoms with Crippen molar-refractivity contribution in [3.63, 3.8) is 0 Å². The molecule has 2 aliphatic heterocycles. The number of nitrogens with zero attached hydrogens (tertiary/aromatic N) is 1. The number of morpholine rings is 1. The van der Waals surface area contributed by atoms with Crippen LogP contribution in [-0.2, 0) is 4.74 Å². The summed E-state index contributed by atoms with van der Waals surface area (Å²) >= 11 is 8.12. The summed E-state index contributed by atoms with van der Waals surface area (Å²) in [5.41, 5.74) is 1.28. The summed E-state index contributed by atoms with van der Waals surface area (Å²) in [6.07, 6.45) is 2.70. The zero-order valence-electron chi connectivity index (χ0n) is 13.1. The first kappa shape index (κ1) is 16.6. The summed E-state index contributed by atoms with van der Waals surface area (Å²) in [7, 11) is 2.17. The predicted octanol–water partition coefficient (Wildman–Crippen LogP) is 3.20. The predicted molar refractivity (Wildman–Crippen MR) is 94.9 cm³/mol. The fourth-order valence-electron chi connectivity index (χ4n) is 3.22. The molecule has 2 atom stereocenters. The van der Waals surface area contributed by atoms with Crippen molar-refractivity contribution in [2.24, 2.45) is 0 Å². The molecular formula is C17H25ClN2OS. The highest BCUT2D eigenvalue weighted by Gasteiger charge is 2.30. The highest BCUT2D eigenvalue weighted by molar-refractivity contribution is 7.99. The third kappa shape index (κ3) is 4.39. The molecule has 0 aromatic heterocycles. The van der Waals surface area contributed by atoms with E-state index in [1.165, 1.54) is 29.9 Å². The quantitative estimate of drug-likeness (QED) is 0.909. The van der Waals surface area contributed by atoms with Gasteiger partial charge in [0.1, 0.15) is 0 Å². The maximum Gasteiger partial charge on any atom is 0.0896 e. The average Bonchev–Trinajstić information content (AvgIpc) is 2.55. The SMILES string of the molecule is CN1CCO[C@H]([C@@H](NC2CCSCC2)c2ccc(Cl)cc2)C1. The number of halogens is 1. The van der Waals surface area contributed by atoms with Crippen LogP contribution in [0.2, 0.25) is 5.02 Å². The largest absolute Gasteiger partial charge is 0.374 e. The van der Waals surface area contributed by atoms with Gasteiger partial charge in [0.05, 0.1) is 18.8 Å². The van der Waals surface area contributed by atoms with Crippen molar-refractivity contribution in [1.29, 1.82) is 0 Å². The smallest absolute Gasteiger partial charge is 0.0896 e. The lowest BCUT2D eigenvalue weighted by atomic mass is 9.98. The van der Waals surface area contributed by atoms with Gasteiger partial charge in [-0.1, -0.05) is 23.7 Å². The van der Waals surface area contributed by atoms with Crippen LogP contribution in [0.1, 0.15) is 24.4 Å². The zero-order valence-corrected chi connectivity index (χ0v) is 14.7. The molecule has 2 saturated heterocycles. The minimum absolute atomic E-state index is 0.203. The molecule has 0 spiro atoms. The monoisotopic (exact) mass is 340 g/mol. The second kappa shape index (κ2) is 8.02. The third-order valence-corrected chi connectivity index (χ3v) is 5.83. The Kier molecular flexibility index (Phi) is 6.05. The average molecular weight is 341 g/mol. The van der Waals surface area contributed by atoms with E-state index in [4.69, 9.17) is 16.3 Å². The van der Waals surface area contributed by atoms with E-state index in [1.807, 2.05) is 12.1 Å². The second-order valence-corrected chi connectivity index (χ2v) is 7.92. The van der Waals surface area contributed by atoms with Gasteiger partial charge in [0.2, 0.25) is 0 Å². The standard InChI is InChI=1S/C17H25ClN2OS/c1-20-8-9-21-16(12-20)17(13-2-4-14(18)5-3-13)19-15-6-10-22-11-7-15/h2-5,15-17,19H,6-12H2,1H3/t16-,17-/m0/s1. The molecule has 1 aromatic carbocycles. The van der Waals surface area contributed by atoms with E-state index in [0.29, 0.717) is 6.04 Å². The summed E-state index contributed by atoms with van der Waals surface area (Å²) in [5.74, 6) is 2.52. The lowest BCUT2D eigenvalue weighted by Gasteiger charge is -2.38. The van der Waals surface area contributed by atoms with Crippen LogP contribution in [0.3, 0.4) is 0 Å². The van der Waals surface area contributed by atoms with Gasteiger partial charge in [0, 0.05) is 24.2 Å². The number of hydrogen-bond donors (Lipinski definition) is 1. The van der Waals surface area contributed by atoms with Crippen LogP contribution in [0.25, 0.3) is 0 Å². The van der Waals surface area contributed by atoms with Gasteiger partial charge >= 0.3 is 0 Å². The van der Waals surface area contributed by atoms with Gasteiger partial charge in [-0.15, -0.1) is 0 Å². The molecule has 2 aliphatic rings. The molecule has 1 N–H and O–H groups in total. The van der Waals surface area contributed by atoms with Crippen molar-refractivity contribution < 1.29 is 4.74 Å². The van der Waals surface area contributed by atoms with Crippen LogP contribution >= 0.6 is 23.4 Å². The lowest BCUT2D eigenvalue weighted by molar-refractivity contribution is -0.0414. The number of rotatable bonds is 4. The van der Waals surface area contributed by atoms with E-state index >= 15 is 0 Å². The van der Waals surface area contributed by atoms with E-state index in [1.54, 1.807) is 0 Å². The van der Waals surface area contributed by atoms with Gasteiger partial charge < -0.3 is 15.0 Å². The van der Waals surface area contributed by atoms with E-state index in [0.717, 1.165) is 24.7 Å². The second-order valence-electron chi connectivity index (χ2n) is 6.25. The maximum atomic E-state index is 6.09. The Balaban J connectivity index is 1.75. The first-order valence-corrected chi connectivity index (χ1v) is 9.65. The van der Waals surface area contributed by atoms with Gasteiger partial charge in [-0.2, -0.15) is 11.8 Å². The number of likely N-dealkylation sites (N-methyl/N-ethyl adjacent to an activating group) is 1. The number of ether oxygens (including phenoxy) is 1. The number of nitrogens with one attached hydrogen (secondary N) is 1.